The number of nitrogens with zero attached hydrogens (tertiary/aromatic N) is 3. The van der Waals surface area contributed by atoms with Gasteiger partial charge in [-0.25, -0.2) is 0 Å². The predicted molar refractivity (Wildman–Crippen MR) is 146 cm³/mol. The van der Waals surface area contributed by atoms with Crippen LogP contribution in [0.25, 0.3) is 0 Å². The van der Waals surface area contributed by atoms with Crippen LogP contribution < -0.4 is 21.3 Å². The number of hydrogen-bond acceptors (Lipinski definition) is 7. The number of rotatable bonds is 6. The molecule has 1 heterocycles. The van der Waals surface area contributed by atoms with E-state index in [2.05, 4.69) is 36.0 Å². The molecule has 0 spiro atoms. The maximum atomic E-state index is 12.7. The van der Waals surface area contributed by atoms with Crippen LogP contribution in [0, 0.1) is 0 Å². The Bertz CT molecular complexity index is 664. The van der Waals surface area contributed by atoms with Gasteiger partial charge in [0.05, 0.1) is 19.6 Å². The molecule has 4 N–H and O–H groups in total. The summed E-state index contributed by atoms with van der Waals surface area (Å²) in [5, 5.41) is 12.6. The van der Waals surface area contributed by atoms with Crippen LogP contribution in [0.3, 0.4) is 0 Å². The summed E-state index contributed by atoms with van der Waals surface area (Å²) in [5.41, 5.74) is -0.854. The molecule has 0 aliphatic carbocycles. The molecule has 10 nitrogen and oxygen atoms in total. The maximum Gasteiger partial charge on any atom is 0.234 e. The van der Waals surface area contributed by atoms with Crippen LogP contribution in [0.5, 0.6) is 0 Å². The molecule has 0 aromatic rings. The van der Waals surface area contributed by atoms with E-state index in [0.717, 1.165) is 26.2 Å². The molecular weight excluding hydrogens is 458 g/mol. The second-order valence-corrected chi connectivity index (χ2v) is 13.0. The van der Waals surface area contributed by atoms with E-state index in [1.807, 2.05) is 62.3 Å². The Morgan fingerprint density at radius 1 is 0.528 bits per heavy atom. The van der Waals surface area contributed by atoms with Gasteiger partial charge in [-0.15, -0.1) is 0 Å². The lowest BCUT2D eigenvalue weighted by atomic mass is 10.1. The van der Waals surface area contributed by atoms with Gasteiger partial charge >= 0.3 is 0 Å². The Morgan fingerprint density at radius 2 is 0.778 bits per heavy atom. The highest BCUT2D eigenvalue weighted by Gasteiger charge is 2.22. The monoisotopic (exact) mass is 511 g/mol. The molecule has 0 bridgehead atoms. The normalized spacial score (nSPS) is 18.6. The Labute approximate surface area is 219 Å². The Kier molecular flexibility index (Phi) is 12.8. The van der Waals surface area contributed by atoms with Gasteiger partial charge in [-0.3, -0.25) is 29.1 Å². The molecule has 36 heavy (non-hydrogen) atoms. The second kappa shape index (κ2) is 14.3. The van der Waals surface area contributed by atoms with Crippen molar-refractivity contribution in [3.63, 3.8) is 0 Å². The maximum absolute atomic E-state index is 12.7. The first-order valence-corrected chi connectivity index (χ1v) is 13.2. The third-order valence-electron chi connectivity index (χ3n) is 5.32. The van der Waals surface area contributed by atoms with Crippen molar-refractivity contribution in [3.05, 3.63) is 0 Å². The number of nitrogens with one attached hydrogen (secondary N) is 4. The molecule has 0 radical (unpaired) electrons. The third-order valence-corrected chi connectivity index (χ3v) is 5.32. The summed E-state index contributed by atoms with van der Waals surface area (Å²) in [6.07, 6.45) is 0. The average Bonchev–Trinajstić information content (AvgIpc) is 2.63. The number of carbonyl (C=O) groups is 3. The van der Waals surface area contributed by atoms with E-state index in [9.17, 15) is 14.4 Å². The Morgan fingerprint density at radius 3 is 1.03 bits per heavy atom. The fraction of sp³-hybridized carbons (Fsp3) is 0.885. The molecule has 0 atom stereocenters. The van der Waals surface area contributed by atoms with Crippen molar-refractivity contribution in [2.24, 2.45) is 0 Å². The van der Waals surface area contributed by atoms with E-state index >= 15 is 0 Å². The SMILES string of the molecule is CC(C)(C)NC(=O)CN1CCNCCN(CC(=O)NC(C)(C)C)CCN(CC(=O)NC(C)(C)C)CC1. The van der Waals surface area contributed by atoms with Crippen molar-refractivity contribution in [1.29, 1.82) is 0 Å². The van der Waals surface area contributed by atoms with Gasteiger partial charge in [0.15, 0.2) is 0 Å². The van der Waals surface area contributed by atoms with Crippen LogP contribution in [0.2, 0.25) is 0 Å². The van der Waals surface area contributed by atoms with Crippen LogP contribution in [0.4, 0.5) is 0 Å². The predicted octanol–water partition coefficient (Wildman–Crippen LogP) is 0.240. The minimum atomic E-state index is -0.302. The van der Waals surface area contributed by atoms with Gasteiger partial charge in [-0.05, 0) is 62.3 Å². The van der Waals surface area contributed by atoms with Gasteiger partial charge in [0, 0.05) is 69.0 Å². The van der Waals surface area contributed by atoms with Crippen molar-refractivity contribution in [2.75, 3.05) is 72.0 Å². The van der Waals surface area contributed by atoms with Gasteiger partial charge in [0.1, 0.15) is 0 Å². The van der Waals surface area contributed by atoms with Crippen molar-refractivity contribution in [2.45, 2.75) is 78.9 Å². The molecule has 0 saturated carbocycles. The smallest absolute Gasteiger partial charge is 0.234 e. The first-order chi connectivity index (χ1) is 16.4. The van der Waals surface area contributed by atoms with E-state index in [0.29, 0.717) is 39.3 Å². The van der Waals surface area contributed by atoms with Gasteiger partial charge in [0.25, 0.3) is 0 Å². The lowest BCUT2D eigenvalue weighted by molar-refractivity contribution is -0.125. The molecule has 3 amide bonds. The molecule has 1 aliphatic rings. The molecule has 210 valence electrons. The zero-order chi connectivity index (χ0) is 27.6. The summed E-state index contributed by atoms with van der Waals surface area (Å²) >= 11 is 0. The highest BCUT2D eigenvalue weighted by atomic mass is 16.2. The van der Waals surface area contributed by atoms with Crippen molar-refractivity contribution in [3.8, 4) is 0 Å². The fourth-order valence-corrected chi connectivity index (χ4v) is 3.96. The van der Waals surface area contributed by atoms with E-state index in [-0.39, 0.29) is 40.9 Å². The lowest BCUT2D eigenvalue weighted by Crippen LogP contribution is -2.52. The summed E-state index contributed by atoms with van der Waals surface area (Å²) in [4.78, 5) is 44.2. The molecule has 0 aromatic heterocycles. The minimum Gasteiger partial charge on any atom is -0.350 e. The first-order valence-electron chi connectivity index (χ1n) is 13.2. The Balaban J connectivity index is 2.89. The van der Waals surface area contributed by atoms with Crippen LogP contribution in [0.15, 0.2) is 0 Å². The molecule has 1 fully saturated rings. The summed E-state index contributed by atoms with van der Waals surface area (Å²) in [6.45, 7) is 24.3. The summed E-state index contributed by atoms with van der Waals surface area (Å²) in [5.74, 6) is -0.0179. The zero-order valence-electron chi connectivity index (χ0n) is 24.3. The van der Waals surface area contributed by atoms with Gasteiger partial charge in [-0.1, -0.05) is 0 Å². The topological polar surface area (TPSA) is 109 Å². The molecular formula is C26H53N7O3. The number of carbonyl (C=O) groups excluding carboxylic acids is 3. The number of hydrogen-bond donors (Lipinski definition) is 4. The van der Waals surface area contributed by atoms with Crippen LogP contribution in [-0.2, 0) is 14.4 Å². The fourth-order valence-electron chi connectivity index (χ4n) is 3.96. The minimum absolute atomic E-state index is 0.00246. The molecule has 0 aromatic carbocycles. The van der Waals surface area contributed by atoms with Crippen molar-refractivity contribution < 1.29 is 14.4 Å². The summed E-state index contributed by atoms with van der Waals surface area (Å²) in [7, 11) is 0. The lowest BCUT2D eigenvalue weighted by Gasteiger charge is -2.32. The van der Waals surface area contributed by atoms with Crippen LogP contribution in [0.1, 0.15) is 62.3 Å². The average molecular weight is 512 g/mol. The van der Waals surface area contributed by atoms with Gasteiger partial charge in [-0.2, -0.15) is 0 Å². The number of amides is 3. The largest absolute Gasteiger partial charge is 0.350 e. The molecule has 1 aliphatic heterocycles. The highest BCUT2D eigenvalue weighted by molar-refractivity contribution is 5.79. The standard InChI is InChI=1S/C26H53N7O3/c1-24(2,3)28-21(34)18-31-12-10-27-11-13-32(19-22(35)29-25(4,5)6)15-17-33(16-14-31)20-23(36)30-26(7,8)9/h27H,10-20H2,1-9H3,(H,28,34)(H,29,35)(H,30,36). The first kappa shape index (κ1) is 32.3. The Hall–Kier alpha value is -1.75. The van der Waals surface area contributed by atoms with Gasteiger partial charge in [0.2, 0.25) is 17.7 Å². The van der Waals surface area contributed by atoms with Gasteiger partial charge < -0.3 is 21.3 Å². The summed E-state index contributed by atoms with van der Waals surface area (Å²) < 4.78 is 0. The quantitative estimate of drug-likeness (QED) is 0.405. The van der Waals surface area contributed by atoms with E-state index in [4.69, 9.17) is 0 Å². The van der Waals surface area contributed by atoms with Crippen LogP contribution >= 0.6 is 0 Å². The summed E-state index contributed by atoms with van der Waals surface area (Å²) in [6, 6.07) is 0. The molecule has 1 saturated heterocycles. The van der Waals surface area contributed by atoms with E-state index in [1.54, 1.807) is 0 Å². The second-order valence-electron chi connectivity index (χ2n) is 13.0. The van der Waals surface area contributed by atoms with Crippen molar-refractivity contribution in [1.82, 2.24) is 36.0 Å². The molecule has 0 unspecified atom stereocenters. The molecule has 1 rings (SSSR count). The third kappa shape index (κ3) is 16.8. The van der Waals surface area contributed by atoms with Crippen LogP contribution in [-0.4, -0.2) is 121 Å². The van der Waals surface area contributed by atoms with E-state index < -0.39 is 0 Å². The van der Waals surface area contributed by atoms with Crippen molar-refractivity contribution >= 4 is 17.7 Å². The van der Waals surface area contributed by atoms with E-state index in [1.165, 1.54) is 0 Å². The molecule has 10 heteroatoms. The zero-order valence-corrected chi connectivity index (χ0v) is 24.3. The highest BCUT2D eigenvalue weighted by Crippen LogP contribution is 2.03.